The second-order valence-corrected chi connectivity index (χ2v) is 5.50. The smallest absolute Gasteiger partial charge is 0.201 e. The van der Waals surface area contributed by atoms with Crippen molar-refractivity contribution in [2.75, 3.05) is 26.2 Å². The third-order valence-corrected chi connectivity index (χ3v) is 3.83. The van der Waals surface area contributed by atoms with Crippen LogP contribution in [0.15, 0.2) is 30.3 Å². The number of hydrogen-bond donors (Lipinski definition) is 1. The SMILES string of the molecule is Cc1ccccc1OCCCN1CCC=C(c2nn[nH]n2)C1. The van der Waals surface area contributed by atoms with Crippen LogP contribution in [0.1, 0.15) is 24.2 Å². The van der Waals surface area contributed by atoms with E-state index in [9.17, 15) is 0 Å². The predicted octanol–water partition coefficient (Wildman–Crippen LogP) is 2.07. The van der Waals surface area contributed by atoms with Crippen molar-refractivity contribution in [3.8, 4) is 5.75 Å². The Morgan fingerprint density at radius 1 is 1.32 bits per heavy atom. The Morgan fingerprint density at radius 2 is 2.23 bits per heavy atom. The fraction of sp³-hybridized carbons (Fsp3) is 0.438. The number of para-hydroxylation sites is 1. The van der Waals surface area contributed by atoms with Crippen LogP contribution in [0.3, 0.4) is 0 Å². The number of aryl methyl sites for hydroxylation is 1. The third kappa shape index (κ3) is 3.71. The number of nitrogens with zero attached hydrogens (tertiary/aromatic N) is 4. The minimum Gasteiger partial charge on any atom is -0.493 e. The van der Waals surface area contributed by atoms with Crippen LogP contribution in [-0.4, -0.2) is 51.8 Å². The summed E-state index contributed by atoms with van der Waals surface area (Å²) < 4.78 is 5.85. The first-order valence-electron chi connectivity index (χ1n) is 7.66. The molecule has 3 rings (SSSR count). The Bertz CT molecular complexity index is 623. The molecule has 0 amide bonds. The van der Waals surface area contributed by atoms with Gasteiger partial charge >= 0.3 is 0 Å². The van der Waals surface area contributed by atoms with Gasteiger partial charge in [0.25, 0.3) is 0 Å². The maximum atomic E-state index is 5.85. The second-order valence-electron chi connectivity index (χ2n) is 5.50. The first kappa shape index (κ1) is 14.7. The predicted molar refractivity (Wildman–Crippen MR) is 84.5 cm³/mol. The molecular formula is C16H21N5O. The van der Waals surface area contributed by atoms with Gasteiger partial charge in [0.15, 0.2) is 0 Å². The lowest BCUT2D eigenvalue weighted by atomic mass is 10.1. The van der Waals surface area contributed by atoms with Crippen molar-refractivity contribution in [2.24, 2.45) is 0 Å². The minimum atomic E-state index is 0.709. The van der Waals surface area contributed by atoms with Gasteiger partial charge in [0.1, 0.15) is 5.75 Å². The van der Waals surface area contributed by atoms with Gasteiger partial charge in [-0.05, 0) is 36.6 Å². The average Bonchev–Trinajstić information content (AvgIpc) is 3.08. The summed E-state index contributed by atoms with van der Waals surface area (Å²) in [5, 5.41) is 14.2. The number of rotatable bonds is 6. The molecule has 0 fully saturated rings. The Balaban J connectivity index is 1.43. The summed E-state index contributed by atoms with van der Waals surface area (Å²) in [6, 6.07) is 8.13. The van der Waals surface area contributed by atoms with E-state index in [2.05, 4.69) is 44.6 Å². The Hall–Kier alpha value is -2.21. The topological polar surface area (TPSA) is 66.9 Å². The van der Waals surface area contributed by atoms with Crippen molar-refractivity contribution in [3.63, 3.8) is 0 Å². The molecule has 6 nitrogen and oxygen atoms in total. The van der Waals surface area contributed by atoms with Gasteiger partial charge < -0.3 is 4.74 Å². The molecular weight excluding hydrogens is 278 g/mol. The van der Waals surface area contributed by atoms with E-state index >= 15 is 0 Å². The van der Waals surface area contributed by atoms with Crippen LogP contribution in [-0.2, 0) is 0 Å². The largest absolute Gasteiger partial charge is 0.493 e. The number of nitrogens with one attached hydrogen (secondary N) is 1. The molecule has 22 heavy (non-hydrogen) atoms. The molecule has 116 valence electrons. The van der Waals surface area contributed by atoms with E-state index in [0.717, 1.165) is 50.4 Å². The number of H-pyrrole nitrogens is 1. The van der Waals surface area contributed by atoms with Crippen molar-refractivity contribution in [2.45, 2.75) is 19.8 Å². The van der Waals surface area contributed by atoms with Crippen molar-refractivity contribution in [1.82, 2.24) is 25.5 Å². The summed E-state index contributed by atoms with van der Waals surface area (Å²) in [5.74, 6) is 1.69. The molecule has 0 spiro atoms. The molecule has 1 aliphatic rings. The maximum Gasteiger partial charge on any atom is 0.201 e. The fourth-order valence-corrected chi connectivity index (χ4v) is 2.65. The van der Waals surface area contributed by atoms with Crippen molar-refractivity contribution in [3.05, 3.63) is 41.7 Å². The van der Waals surface area contributed by atoms with Crippen LogP contribution in [0.5, 0.6) is 5.75 Å². The molecule has 0 bridgehead atoms. The highest BCUT2D eigenvalue weighted by Gasteiger charge is 2.16. The summed E-state index contributed by atoms with van der Waals surface area (Å²) in [7, 11) is 0. The summed E-state index contributed by atoms with van der Waals surface area (Å²) in [6.45, 7) is 5.78. The number of tetrazole rings is 1. The maximum absolute atomic E-state index is 5.85. The van der Waals surface area contributed by atoms with E-state index in [-0.39, 0.29) is 0 Å². The highest BCUT2D eigenvalue weighted by molar-refractivity contribution is 5.61. The number of aromatic nitrogens is 4. The van der Waals surface area contributed by atoms with Gasteiger partial charge in [-0.25, -0.2) is 0 Å². The molecule has 2 aromatic rings. The van der Waals surface area contributed by atoms with Crippen LogP contribution in [0.2, 0.25) is 0 Å². The van der Waals surface area contributed by atoms with Gasteiger partial charge in [0, 0.05) is 25.2 Å². The molecule has 0 unspecified atom stereocenters. The Morgan fingerprint density at radius 3 is 3.05 bits per heavy atom. The number of benzene rings is 1. The van der Waals surface area contributed by atoms with E-state index in [4.69, 9.17) is 4.74 Å². The lowest BCUT2D eigenvalue weighted by molar-refractivity contribution is 0.249. The molecule has 0 radical (unpaired) electrons. The van der Waals surface area contributed by atoms with Gasteiger partial charge in [-0.2, -0.15) is 5.21 Å². The molecule has 6 heteroatoms. The minimum absolute atomic E-state index is 0.709. The first-order valence-corrected chi connectivity index (χ1v) is 7.66. The van der Waals surface area contributed by atoms with Gasteiger partial charge in [-0.1, -0.05) is 24.3 Å². The van der Waals surface area contributed by atoms with E-state index in [1.54, 1.807) is 0 Å². The lowest BCUT2D eigenvalue weighted by Gasteiger charge is -2.26. The fourth-order valence-electron chi connectivity index (χ4n) is 2.65. The highest BCUT2D eigenvalue weighted by Crippen LogP contribution is 2.18. The lowest BCUT2D eigenvalue weighted by Crippen LogP contribution is -2.31. The van der Waals surface area contributed by atoms with Crippen LogP contribution in [0.4, 0.5) is 0 Å². The summed E-state index contributed by atoms with van der Waals surface area (Å²) in [6.07, 6.45) is 4.24. The van der Waals surface area contributed by atoms with E-state index in [1.807, 2.05) is 18.2 Å². The van der Waals surface area contributed by atoms with E-state index in [1.165, 1.54) is 5.56 Å². The monoisotopic (exact) mass is 299 g/mol. The zero-order chi connectivity index (χ0) is 15.2. The Labute approximate surface area is 130 Å². The molecule has 1 aromatic carbocycles. The molecule has 2 heterocycles. The summed E-state index contributed by atoms with van der Waals surface area (Å²) in [5.41, 5.74) is 2.34. The van der Waals surface area contributed by atoms with Crippen LogP contribution in [0, 0.1) is 6.92 Å². The molecule has 0 saturated carbocycles. The zero-order valence-electron chi connectivity index (χ0n) is 12.8. The van der Waals surface area contributed by atoms with Crippen molar-refractivity contribution in [1.29, 1.82) is 0 Å². The molecule has 1 aromatic heterocycles. The van der Waals surface area contributed by atoms with Crippen molar-refractivity contribution < 1.29 is 4.74 Å². The zero-order valence-corrected chi connectivity index (χ0v) is 12.8. The normalized spacial score (nSPS) is 15.6. The molecule has 0 saturated heterocycles. The van der Waals surface area contributed by atoms with Gasteiger partial charge in [0.05, 0.1) is 6.61 Å². The molecule has 1 aliphatic heterocycles. The second kappa shape index (κ2) is 7.17. The summed E-state index contributed by atoms with van der Waals surface area (Å²) >= 11 is 0. The van der Waals surface area contributed by atoms with Gasteiger partial charge in [-0.15, -0.1) is 10.2 Å². The van der Waals surface area contributed by atoms with Crippen LogP contribution < -0.4 is 4.74 Å². The summed E-state index contributed by atoms with van der Waals surface area (Å²) in [4.78, 5) is 2.41. The molecule has 0 atom stereocenters. The van der Waals surface area contributed by atoms with Crippen LogP contribution in [0.25, 0.3) is 5.57 Å². The highest BCUT2D eigenvalue weighted by atomic mass is 16.5. The van der Waals surface area contributed by atoms with Crippen molar-refractivity contribution >= 4 is 5.57 Å². The quantitative estimate of drug-likeness (QED) is 0.827. The third-order valence-electron chi connectivity index (χ3n) is 3.83. The van der Waals surface area contributed by atoms with Crippen LogP contribution >= 0.6 is 0 Å². The average molecular weight is 299 g/mol. The standard InChI is InChI=1S/C16H21N5O/c1-13-6-2-3-8-15(13)22-11-5-10-21-9-4-7-14(12-21)16-17-19-20-18-16/h2-3,6-8H,4-5,9-12H2,1H3,(H,17,18,19,20). The molecule has 0 aliphatic carbocycles. The number of aromatic amines is 1. The van der Waals surface area contributed by atoms with E-state index < -0.39 is 0 Å². The van der Waals surface area contributed by atoms with E-state index in [0.29, 0.717) is 5.82 Å². The number of hydrogen-bond acceptors (Lipinski definition) is 5. The molecule has 1 N–H and O–H groups in total. The van der Waals surface area contributed by atoms with Gasteiger partial charge in [-0.3, -0.25) is 4.90 Å². The van der Waals surface area contributed by atoms with Gasteiger partial charge in [0.2, 0.25) is 5.82 Å². The Kier molecular flexibility index (Phi) is 4.80. The number of ether oxygens (including phenoxy) is 1. The first-order chi connectivity index (χ1) is 10.8.